The molecule has 1 nitrogen and oxygen atoms in total. The third kappa shape index (κ3) is 3.14. The van der Waals surface area contributed by atoms with Gasteiger partial charge in [-0.05, 0) is 35.9 Å². The van der Waals surface area contributed by atoms with E-state index in [0.29, 0.717) is 10.8 Å². The molecule has 2 rings (SSSR count). The third-order valence-electron chi connectivity index (χ3n) is 2.31. The van der Waals surface area contributed by atoms with Crippen molar-refractivity contribution >= 4 is 29.1 Å². The molecule has 2 aromatic carbocycles. The van der Waals surface area contributed by atoms with E-state index in [1.165, 1.54) is 12.1 Å². The van der Waals surface area contributed by atoms with Gasteiger partial charge in [0.25, 0.3) is 0 Å². The van der Waals surface area contributed by atoms with Crippen LogP contribution in [-0.2, 0) is 5.75 Å². The minimum Gasteiger partial charge on any atom is -0.398 e. The zero-order valence-electron chi connectivity index (χ0n) is 8.99. The van der Waals surface area contributed by atoms with Crippen LogP contribution < -0.4 is 5.73 Å². The standard InChI is InChI=1S/C13H11ClFNS/c14-11-6-5-10(15)7-9(11)8-17-13-4-2-1-3-12(13)16/h1-7H,8,16H2. The fourth-order valence-corrected chi connectivity index (χ4v) is 2.64. The summed E-state index contributed by atoms with van der Waals surface area (Å²) < 4.78 is 13.1. The van der Waals surface area contributed by atoms with Gasteiger partial charge in [-0.15, -0.1) is 11.8 Å². The van der Waals surface area contributed by atoms with Gasteiger partial charge in [0.05, 0.1) is 0 Å². The first-order valence-corrected chi connectivity index (χ1v) is 6.44. The van der Waals surface area contributed by atoms with Gasteiger partial charge in [-0.1, -0.05) is 23.7 Å². The molecule has 0 bridgehead atoms. The van der Waals surface area contributed by atoms with Gasteiger partial charge in [0, 0.05) is 21.4 Å². The Morgan fingerprint density at radius 1 is 1.18 bits per heavy atom. The molecule has 88 valence electrons. The zero-order chi connectivity index (χ0) is 12.3. The highest BCUT2D eigenvalue weighted by Crippen LogP contribution is 2.30. The Bertz CT molecular complexity index is 531. The van der Waals surface area contributed by atoms with E-state index in [1.54, 1.807) is 17.8 Å². The maximum atomic E-state index is 13.1. The molecule has 0 spiro atoms. The lowest BCUT2D eigenvalue weighted by Gasteiger charge is -2.06. The van der Waals surface area contributed by atoms with Gasteiger partial charge in [0.1, 0.15) is 5.82 Å². The number of hydrogen-bond acceptors (Lipinski definition) is 2. The summed E-state index contributed by atoms with van der Waals surface area (Å²) in [5.41, 5.74) is 7.33. The van der Waals surface area contributed by atoms with E-state index in [4.69, 9.17) is 17.3 Å². The van der Waals surface area contributed by atoms with Crippen LogP contribution in [0, 0.1) is 5.82 Å². The Balaban J connectivity index is 2.12. The van der Waals surface area contributed by atoms with Crippen molar-refractivity contribution in [2.75, 3.05) is 5.73 Å². The highest BCUT2D eigenvalue weighted by molar-refractivity contribution is 7.98. The monoisotopic (exact) mass is 267 g/mol. The quantitative estimate of drug-likeness (QED) is 0.661. The normalized spacial score (nSPS) is 10.5. The summed E-state index contributed by atoms with van der Waals surface area (Å²) in [4.78, 5) is 0.979. The lowest BCUT2D eigenvalue weighted by molar-refractivity contribution is 0.626. The molecule has 0 fully saturated rings. The van der Waals surface area contributed by atoms with Crippen LogP contribution in [0.4, 0.5) is 10.1 Å². The van der Waals surface area contributed by atoms with Crippen LogP contribution in [-0.4, -0.2) is 0 Å². The van der Waals surface area contributed by atoms with Crippen molar-refractivity contribution in [2.45, 2.75) is 10.6 Å². The van der Waals surface area contributed by atoms with E-state index < -0.39 is 0 Å². The summed E-state index contributed by atoms with van der Waals surface area (Å²) in [5, 5.41) is 0.577. The SMILES string of the molecule is Nc1ccccc1SCc1cc(F)ccc1Cl. The van der Waals surface area contributed by atoms with Crippen LogP contribution in [0.1, 0.15) is 5.56 Å². The van der Waals surface area contributed by atoms with E-state index in [9.17, 15) is 4.39 Å². The number of rotatable bonds is 3. The molecule has 2 aromatic rings. The predicted octanol–water partition coefficient (Wildman–Crippen LogP) is 4.35. The fourth-order valence-electron chi connectivity index (χ4n) is 1.42. The molecule has 17 heavy (non-hydrogen) atoms. The van der Waals surface area contributed by atoms with Gasteiger partial charge in [-0.2, -0.15) is 0 Å². The summed E-state index contributed by atoms with van der Waals surface area (Å²) in [6.45, 7) is 0. The Labute approximate surface area is 109 Å². The first-order valence-electron chi connectivity index (χ1n) is 5.08. The molecule has 0 aliphatic carbocycles. The van der Waals surface area contributed by atoms with Crippen LogP contribution in [0.3, 0.4) is 0 Å². The number of nitrogens with two attached hydrogens (primary N) is 1. The molecule has 0 aromatic heterocycles. The maximum Gasteiger partial charge on any atom is 0.123 e. The van der Waals surface area contributed by atoms with Crippen LogP contribution in [0.2, 0.25) is 5.02 Å². The van der Waals surface area contributed by atoms with Crippen molar-refractivity contribution in [1.82, 2.24) is 0 Å². The van der Waals surface area contributed by atoms with Gasteiger partial charge in [0.15, 0.2) is 0 Å². The Morgan fingerprint density at radius 3 is 2.71 bits per heavy atom. The first-order chi connectivity index (χ1) is 8.16. The minimum absolute atomic E-state index is 0.272. The second-order valence-electron chi connectivity index (χ2n) is 3.56. The number of nitrogen functional groups attached to an aromatic ring is 1. The summed E-state index contributed by atoms with van der Waals surface area (Å²) in [7, 11) is 0. The van der Waals surface area contributed by atoms with Gasteiger partial charge in [-0.25, -0.2) is 4.39 Å². The first kappa shape index (κ1) is 12.3. The molecule has 2 N–H and O–H groups in total. The van der Waals surface area contributed by atoms with Crippen LogP contribution in [0.5, 0.6) is 0 Å². The molecule has 4 heteroatoms. The van der Waals surface area contributed by atoms with Crippen LogP contribution in [0.25, 0.3) is 0 Å². The number of benzene rings is 2. The van der Waals surface area contributed by atoms with E-state index in [2.05, 4.69) is 0 Å². The molecule has 0 radical (unpaired) electrons. The van der Waals surface area contributed by atoms with Gasteiger partial charge in [-0.3, -0.25) is 0 Å². The number of thioether (sulfide) groups is 1. The average molecular weight is 268 g/mol. The summed E-state index contributed by atoms with van der Waals surface area (Å²) in [6, 6.07) is 12.0. The van der Waals surface area contributed by atoms with Crippen molar-refractivity contribution in [1.29, 1.82) is 0 Å². The summed E-state index contributed by atoms with van der Waals surface area (Å²) in [6.07, 6.45) is 0. The van der Waals surface area contributed by atoms with Crippen molar-refractivity contribution < 1.29 is 4.39 Å². The Hall–Kier alpha value is -1.19. The zero-order valence-corrected chi connectivity index (χ0v) is 10.6. The average Bonchev–Trinajstić information content (AvgIpc) is 2.32. The number of halogens is 2. The van der Waals surface area contributed by atoms with Gasteiger partial charge >= 0.3 is 0 Å². The second-order valence-corrected chi connectivity index (χ2v) is 4.99. The molecular formula is C13H11ClFNS. The van der Waals surface area contributed by atoms with Crippen LogP contribution >= 0.6 is 23.4 Å². The molecule has 0 saturated heterocycles. The van der Waals surface area contributed by atoms with Crippen molar-refractivity contribution in [2.24, 2.45) is 0 Å². The van der Waals surface area contributed by atoms with Gasteiger partial charge in [0.2, 0.25) is 0 Å². The molecule has 0 aliphatic heterocycles. The lowest BCUT2D eigenvalue weighted by atomic mass is 10.2. The van der Waals surface area contributed by atoms with Crippen molar-refractivity contribution in [3.8, 4) is 0 Å². The molecule has 0 unspecified atom stereocenters. The number of anilines is 1. The largest absolute Gasteiger partial charge is 0.398 e. The summed E-state index contributed by atoms with van der Waals surface area (Å²) in [5.74, 6) is 0.330. The van der Waals surface area contributed by atoms with Crippen molar-refractivity contribution in [3.05, 3.63) is 58.9 Å². The predicted molar refractivity (Wildman–Crippen MR) is 71.8 cm³/mol. The molecule has 0 amide bonds. The lowest BCUT2D eigenvalue weighted by Crippen LogP contribution is -1.89. The fraction of sp³-hybridized carbons (Fsp3) is 0.0769. The van der Waals surface area contributed by atoms with Crippen LogP contribution in [0.15, 0.2) is 47.4 Å². The highest BCUT2D eigenvalue weighted by Gasteiger charge is 2.04. The number of hydrogen-bond donors (Lipinski definition) is 1. The van der Waals surface area contributed by atoms with Crippen molar-refractivity contribution in [3.63, 3.8) is 0 Å². The van der Waals surface area contributed by atoms with E-state index in [1.807, 2.05) is 24.3 Å². The topological polar surface area (TPSA) is 26.0 Å². The van der Waals surface area contributed by atoms with E-state index in [0.717, 1.165) is 16.1 Å². The third-order valence-corrected chi connectivity index (χ3v) is 3.82. The maximum absolute atomic E-state index is 13.1. The number of para-hydroxylation sites is 1. The Morgan fingerprint density at radius 2 is 1.94 bits per heavy atom. The van der Waals surface area contributed by atoms with E-state index in [-0.39, 0.29) is 5.82 Å². The van der Waals surface area contributed by atoms with E-state index >= 15 is 0 Å². The van der Waals surface area contributed by atoms with Gasteiger partial charge < -0.3 is 5.73 Å². The molecule has 0 saturated carbocycles. The Kier molecular flexibility index (Phi) is 3.92. The molecule has 0 heterocycles. The molecule has 0 aliphatic rings. The second kappa shape index (κ2) is 5.43. The molecule has 0 atom stereocenters. The minimum atomic E-state index is -0.272. The smallest absolute Gasteiger partial charge is 0.123 e. The highest BCUT2D eigenvalue weighted by atomic mass is 35.5. The summed E-state index contributed by atoms with van der Waals surface area (Å²) >= 11 is 7.54. The molecular weight excluding hydrogens is 257 g/mol.